The molecule has 29 heavy (non-hydrogen) atoms. The molecule has 2 aromatic rings. The fourth-order valence-corrected chi connectivity index (χ4v) is 4.61. The molecular weight excluding hydrogens is 392 g/mol. The zero-order valence-corrected chi connectivity index (χ0v) is 18.5. The first-order chi connectivity index (χ1) is 13.7. The van der Waals surface area contributed by atoms with Gasteiger partial charge in [-0.3, -0.25) is 4.90 Å². The summed E-state index contributed by atoms with van der Waals surface area (Å²) >= 11 is 6.27. The summed E-state index contributed by atoms with van der Waals surface area (Å²) in [6.45, 7) is 10.7. The quantitative estimate of drug-likeness (QED) is 0.756. The van der Waals surface area contributed by atoms with E-state index in [1.807, 2.05) is 25.5 Å². The van der Waals surface area contributed by atoms with Crippen molar-refractivity contribution in [3.63, 3.8) is 0 Å². The maximum Gasteiger partial charge on any atom is 0.226 e. The monoisotopic (exact) mass is 422 g/mol. The number of rotatable bonds is 4. The number of likely N-dealkylation sites (tertiary alicyclic amines) is 1. The van der Waals surface area contributed by atoms with E-state index in [0.29, 0.717) is 19.1 Å². The summed E-state index contributed by atoms with van der Waals surface area (Å²) in [7, 11) is 1.99. The Labute approximate surface area is 176 Å². The number of piperidine rings is 1. The van der Waals surface area contributed by atoms with Crippen molar-refractivity contribution in [2.45, 2.75) is 51.8 Å². The van der Waals surface area contributed by atoms with Crippen LogP contribution in [0.1, 0.15) is 39.4 Å². The van der Waals surface area contributed by atoms with E-state index in [2.05, 4.69) is 26.7 Å². The minimum Gasteiger partial charge on any atom is -0.390 e. The summed E-state index contributed by atoms with van der Waals surface area (Å²) in [4.78, 5) is 18.5. The average molecular weight is 423 g/mol. The van der Waals surface area contributed by atoms with Crippen LogP contribution in [0, 0.1) is 5.92 Å². The number of imidazole rings is 1. The number of halogens is 1. The highest BCUT2D eigenvalue weighted by Crippen LogP contribution is 2.30. The van der Waals surface area contributed by atoms with E-state index in [4.69, 9.17) is 21.3 Å². The third-order valence-corrected chi connectivity index (χ3v) is 6.53. The predicted molar refractivity (Wildman–Crippen MR) is 113 cm³/mol. The lowest BCUT2D eigenvalue weighted by Crippen LogP contribution is -2.44. The van der Waals surface area contributed by atoms with Crippen molar-refractivity contribution in [2.24, 2.45) is 13.0 Å². The Morgan fingerprint density at radius 2 is 1.90 bits per heavy atom. The van der Waals surface area contributed by atoms with Crippen molar-refractivity contribution >= 4 is 28.6 Å². The van der Waals surface area contributed by atoms with Gasteiger partial charge in [-0.05, 0) is 64.2 Å². The molecule has 0 saturated carbocycles. The van der Waals surface area contributed by atoms with Crippen molar-refractivity contribution in [3.05, 3.63) is 11.1 Å². The van der Waals surface area contributed by atoms with Gasteiger partial charge in [0.15, 0.2) is 17.0 Å². The molecule has 0 aromatic carbocycles. The first kappa shape index (κ1) is 20.8. The van der Waals surface area contributed by atoms with Gasteiger partial charge in [-0.2, -0.15) is 9.97 Å². The van der Waals surface area contributed by atoms with Gasteiger partial charge in [0.1, 0.15) is 5.82 Å². The number of morpholine rings is 1. The molecule has 8 nitrogen and oxygen atoms in total. The van der Waals surface area contributed by atoms with Gasteiger partial charge in [0.05, 0.1) is 31.4 Å². The lowest BCUT2D eigenvalue weighted by Gasteiger charge is -2.37. The summed E-state index contributed by atoms with van der Waals surface area (Å²) in [5.41, 5.74) is 0.951. The Bertz CT molecular complexity index is 872. The fraction of sp³-hybridized carbons (Fsp3) is 0.750. The molecule has 0 unspecified atom stereocenters. The maximum absolute atomic E-state index is 10.3. The number of aliphatic hydroxyl groups is 1. The number of ether oxygens (including phenoxy) is 1. The van der Waals surface area contributed by atoms with Crippen LogP contribution in [-0.4, -0.2) is 74.0 Å². The number of hydrogen-bond donors (Lipinski definition) is 1. The molecule has 0 spiro atoms. The zero-order chi connectivity index (χ0) is 20.8. The Balaban J connectivity index is 1.59. The van der Waals surface area contributed by atoms with Gasteiger partial charge in [0.2, 0.25) is 5.28 Å². The topological polar surface area (TPSA) is 79.5 Å². The van der Waals surface area contributed by atoms with E-state index in [0.717, 1.165) is 61.8 Å². The van der Waals surface area contributed by atoms with Gasteiger partial charge in [-0.25, -0.2) is 4.98 Å². The molecule has 4 heterocycles. The Morgan fingerprint density at radius 3 is 2.55 bits per heavy atom. The van der Waals surface area contributed by atoms with Crippen LogP contribution in [0.25, 0.3) is 11.2 Å². The SMILES string of the molecule is C[C@@H]1COCCN1c1nc(Cl)nc2c1nc(CN1CCC(C(C)(C)O)CC1)n2C. The smallest absolute Gasteiger partial charge is 0.226 e. The summed E-state index contributed by atoms with van der Waals surface area (Å²) in [5.74, 6) is 2.09. The minimum absolute atomic E-state index is 0.212. The van der Waals surface area contributed by atoms with Crippen LogP contribution >= 0.6 is 11.6 Å². The first-order valence-corrected chi connectivity index (χ1v) is 10.8. The first-order valence-electron chi connectivity index (χ1n) is 10.4. The molecule has 1 N–H and O–H groups in total. The summed E-state index contributed by atoms with van der Waals surface area (Å²) < 4.78 is 7.60. The van der Waals surface area contributed by atoms with Crippen molar-refractivity contribution in [2.75, 3.05) is 37.7 Å². The highest BCUT2D eigenvalue weighted by atomic mass is 35.5. The third kappa shape index (κ3) is 4.21. The van der Waals surface area contributed by atoms with E-state index in [1.54, 1.807) is 0 Å². The van der Waals surface area contributed by atoms with Gasteiger partial charge in [-0.15, -0.1) is 0 Å². The van der Waals surface area contributed by atoms with Crippen LogP contribution < -0.4 is 4.90 Å². The highest BCUT2D eigenvalue weighted by molar-refractivity contribution is 6.28. The second-order valence-corrected chi connectivity index (χ2v) is 9.23. The molecule has 0 aliphatic carbocycles. The third-order valence-electron chi connectivity index (χ3n) is 6.36. The van der Waals surface area contributed by atoms with Crippen molar-refractivity contribution in [1.29, 1.82) is 0 Å². The van der Waals surface area contributed by atoms with Crippen LogP contribution in [0.3, 0.4) is 0 Å². The van der Waals surface area contributed by atoms with E-state index >= 15 is 0 Å². The lowest BCUT2D eigenvalue weighted by molar-refractivity contribution is -0.0139. The molecule has 0 radical (unpaired) electrons. The van der Waals surface area contributed by atoms with E-state index in [9.17, 15) is 5.11 Å². The van der Waals surface area contributed by atoms with E-state index in [1.165, 1.54) is 0 Å². The van der Waals surface area contributed by atoms with Crippen molar-refractivity contribution < 1.29 is 9.84 Å². The minimum atomic E-state index is -0.611. The van der Waals surface area contributed by atoms with Crippen LogP contribution in [0.5, 0.6) is 0 Å². The van der Waals surface area contributed by atoms with Gasteiger partial charge in [0, 0.05) is 13.6 Å². The normalized spacial score (nSPS) is 22.6. The molecule has 2 aliphatic rings. The van der Waals surface area contributed by atoms with Gasteiger partial charge >= 0.3 is 0 Å². The average Bonchev–Trinajstić information content (AvgIpc) is 2.97. The van der Waals surface area contributed by atoms with Gasteiger partial charge in [0.25, 0.3) is 0 Å². The molecule has 4 rings (SSSR count). The molecule has 2 aromatic heterocycles. The maximum atomic E-state index is 10.3. The van der Waals surface area contributed by atoms with Crippen LogP contribution in [-0.2, 0) is 18.3 Å². The molecule has 9 heteroatoms. The summed E-state index contributed by atoms with van der Waals surface area (Å²) in [5, 5.41) is 10.5. The molecule has 1 atom stereocenters. The summed E-state index contributed by atoms with van der Waals surface area (Å²) in [6, 6.07) is 0.212. The Kier molecular flexibility index (Phi) is 5.72. The summed E-state index contributed by atoms with van der Waals surface area (Å²) in [6.07, 6.45) is 1.99. The van der Waals surface area contributed by atoms with E-state index < -0.39 is 5.60 Å². The van der Waals surface area contributed by atoms with Gasteiger partial charge < -0.3 is 19.3 Å². The lowest BCUT2D eigenvalue weighted by atomic mass is 9.83. The number of hydrogen-bond acceptors (Lipinski definition) is 7. The largest absolute Gasteiger partial charge is 0.390 e. The Morgan fingerprint density at radius 1 is 1.17 bits per heavy atom. The number of aromatic nitrogens is 4. The number of nitrogens with zero attached hydrogens (tertiary/aromatic N) is 6. The Hall–Kier alpha value is -1.48. The number of aryl methyl sites for hydroxylation is 1. The predicted octanol–water partition coefficient (Wildman–Crippen LogP) is 2.22. The molecule has 2 aliphatic heterocycles. The van der Waals surface area contributed by atoms with Crippen LogP contribution in [0.2, 0.25) is 5.28 Å². The second kappa shape index (κ2) is 7.98. The van der Waals surface area contributed by atoms with Crippen molar-refractivity contribution in [1.82, 2.24) is 24.4 Å². The molecular formula is C20H31ClN6O2. The standard InChI is InChI=1S/C20H31ClN6O2/c1-13-12-29-10-9-27(13)18-16-17(23-19(21)24-18)25(4)15(22-16)11-26-7-5-14(6-8-26)20(2,3)28/h13-14,28H,5-12H2,1-4H3/t13-/m1/s1. The van der Waals surface area contributed by atoms with Crippen LogP contribution in [0.4, 0.5) is 5.82 Å². The molecule has 2 fully saturated rings. The number of anilines is 1. The molecule has 160 valence electrons. The molecule has 0 amide bonds. The number of fused-ring (bicyclic) bond motifs is 1. The highest BCUT2D eigenvalue weighted by Gasteiger charge is 2.31. The molecule has 2 saturated heterocycles. The molecule has 0 bridgehead atoms. The van der Waals surface area contributed by atoms with Crippen LogP contribution in [0.15, 0.2) is 0 Å². The second-order valence-electron chi connectivity index (χ2n) is 8.90. The fourth-order valence-electron chi connectivity index (χ4n) is 4.45. The van der Waals surface area contributed by atoms with E-state index in [-0.39, 0.29) is 11.3 Å². The van der Waals surface area contributed by atoms with Gasteiger partial charge in [-0.1, -0.05) is 0 Å². The van der Waals surface area contributed by atoms with Crippen molar-refractivity contribution in [3.8, 4) is 0 Å². The zero-order valence-electron chi connectivity index (χ0n) is 17.7.